The van der Waals surface area contributed by atoms with E-state index in [1.165, 1.54) is 0 Å². The van der Waals surface area contributed by atoms with Crippen LogP contribution in [0.1, 0.15) is 37.8 Å². The molecule has 4 atom stereocenters. The molecule has 0 aliphatic heterocycles. The number of carbonyl (C=O) groups excluding carboxylic acids is 5. The molecule has 13 nitrogen and oxygen atoms in total. The molecule has 0 radical (unpaired) electrons. The monoisotopic (exact) mass is 596 g/mol. The van der Waals surface area contributed by atoms with E-state index in [4.69, 9.17) is 11.5 Å². The van der Waals surface area contributed by atoms with Gasteiger partial charge in [-0.15, -0.1) is 0 Å². The second-order valence-electron chi connectivity index (χ2n) is 10.4. The minimum Gasteiger partial charge on any atom is -0.480 e. The molecule has 232 valence electrons. The van der Waals surface area contributed by atoms with Crippen molar-refractivity contribution < 1.29 is 33.9 Å². The minimum atomic E-state index is -1.34. The van der Waals surface area contributed by atoms with E-state index in [1.54, 1.807) is 74.5 Å². The van der Waals surface area contributed by atoms with Crippen molar-refractivity contribution in [2.24, 2.45) is 17.4 Å². The van der Waals surface area contributed by atoms with Crippen LogP contribution in [0.5, 0.6) is 0 Å². The maximum atomic E-state index is 13.6. The largest absolute Gasteiger partial charge is 0.480 e. The number of aliphatic carboxylic acids is 1. The van der Waals surface area contributed by atoms with Crippen molar-refractivity contribution in [1.82, 2.24) is 21.3 Å². The van der Waals surface area contributed by atoms with Gasteiger partial charge in [-0.2, -0.15) is 0 Å². The van der Waals surface area contributed by atoms with Gasteiger partial charge in [-0.05, 0) is 23.5 Å². The van der Waals surface area contributed by atoms with Gasteiger partial charge < -0.3 is 37.8 Å². The third-order valence-corrected chi connectivity index (χ3v) is 6.58. The van der Waals surface area contributed by atoms with Gasteiger partial charge in [0.2, 0.25) is 29.5 Å². The highest BCUT2D eigenvalue weighted by molar-refractivity contribution is 5.95. The molecule has 0 saturated heterocycles. The molecule has 0 aliphatic carbocycles. The molecular weight excluding hydrogens is 556 g/mol. The molecule has 0 aromatic heterocycles. The summed E-state index contributed by atoms with van der Waals surface area (Å²) in [5, 5.41) is 19.9. The second-order valence-corrected chi connectivity index (χ2v) is 10.4. The molecule has 0 spiro atoms. The summed E-state index contributed by atoms with van der Waals surface area (Å²) in [6.45, 7) is 3.10. The van der Waals surface area contributed by atoms with Crippen LogP contribution < -0.4 is 32.7 Å². The van der Waals surface area contributed by atoms with Crippen molar-refractivity contribution in [3.8, 4) is 0 Å². The van der Waals surface area contributed by atoms with Crippen molar-refractivity contribution in [2.45, 2.75) is 63.7 Å². The molecule has 0 saturated carbocycles. The molecule has 5 amide bonds. The molecular formula is C30H40N6O7. The molecule has 9 N–H and O–H groups in total. The molecule has 43 heavy (non-hydrogen) atoms. The third-order valence-electron chi connectivity index (χ3n) is 6.58. The Balaban J connectivity index is 2.29. The van der Waals surface area contributed by atoms with E-state index in [-0.39, 0.29) is 38.1 Å². The molecule has 2 aromatic rings. The number of primary amides is 1. The quantitative estimate of drug-likeness (QED) is 0.124. The number of hydrogen-bond acceptors (Lipinski definition) is 7. The van der Waals surface area contributed by atoms with Crippen LogP contribution >= 0.6 is 0 Å². The predicted molar refractivity (Wildman–Crippen MR) is 158 cm³/mol. The fourth-order valence-corrected chi connectivity index (χ4v) is 4.24. The average molecular weight is 597 g/mol. The maximum Gasteiger partial charge on any atom is 0.326 e. The minimum absolute atomic E-state index is 0.0177. The Morgan fingerprint density at radius 1 is 0.698 bits per heavy atom. The number of nitrogens with one attached hydrogen (secondary N) is 4. The number of nitrogens with two attached hydrogens (primary N) is 2. The molecule has 2 aromatic carbocycles. The molecule has 0 fully saturated rings. The van der Waals surface area contributed by atoms with Crippen LogP contribution in [0, 0.1) is 5.92 Å². The van der Waals surface area contributed by atoms with Gasteiger partial charge in [0.05, 0.1) is 6.54 Å². The van der Waals surface area contributed by atoms with Gasteiger partial charge in [-0.3, -0.25) is 24.0 Å². The summed E-state index contributed by atoms with van der Waals surface area (Å²) >= 11 is 0. The zero-order valence-corrected chi connectivity index (χ0v) is 24.2. The highest BCUT2D eigenvalue weighted by Gasteiger charge is 2.32. The molecule has 0 heterocycles. The summed E-state index contributed by atoms with van der Waals surface area (Å²) in [6.07, 6.45) is -0.469. The Morgan fingerprint density at radius 3 is 1.63 bits per heavy atom. The standard InChI is InChI=1S/C30H40N6O7/c1-18(2)26(36-25(38)17-31)29(41)34-22(15-19-9-5-3-6-10-19)28(40)33-21(13-14-24(32)37)27(39)35-23(30(42)43)16-20-11-7-4-8-12-20/h3-12,18,21-23,26H,13-17,31H2,1-2H3,(H2,32,37)(H,33,40)(H,34,41)(H,35,39)(H,36,38)(H,42,43)/t21-,22-,23-,26-/m0/s1. The summed E-state index contributed by atoms with van der Waals surface area (Å²) in [7, 11) is 0. The van der Waals surface area contributed by atoms with Crippen molar-refractivity contribution in [3.05, 3.63) is 71.8 Å². The highest BCUT2D eigenvalue weighted by Crippen LogP contribution is 2.09. The number of rotatable bonds is 17. The SMILES string of the molecule is CC(C)[C@H](NC(=O)CN)C(=O)N[C@@H](Cc1ccccc1)C(=O)N[C@@H](CCC(N)=O)C(=O)N[C@@H](Cc1ccccc1)C(=O)O. The lowest BCUT2D eigenvalue weighted by atomic mass is 10.00. The summed E-state index contributed by atoms with van der Waals surface area (Å²) in [6, 6.07) is 12.6. The first-order valence-electron chi connectivity index (χ1n) is 13.9. The van der Waals surface area contributed by atoms with Crippen LogP contribution in [-0.4, -0.2) is 71.3 Å². The van der Waals surface area contributed by atoms with Gasteiger partial charge in [0.1, 0.15) is 24.2 Å². The fourth-order valence-electron chi connectivity index (χ4n) is 4.24. The lowest BCUT2D eigenvalue weighted by Gasteiger charge is -2.27. The van der Waals surface area contributed by atoms with E-state index in [0.29, 0.717) is 11.1 Å². The van der Waals surface area contributed by atoms with Gasteiger partial charge in [-0.25, -0.2) is 4.79 Å². The molecule has 13 heteroatoms. The van der Waals surface area contributed by atoms with Crippen LogP contribution in [0.25, 0.3) is 0 Å². The van der Waals surface area contributed by atoms with Crippen molar-refractivity contribution in [3.63, 3.8) is 0 Å². The fraction of sp³-hybridized carbons (Fsp3) is 0.400. The zero-order valence-electron chi connectivity index (χ0n) is 24.2. The van der Waals surface area contributed by atoms with Gasteiger partial charge in [0, 0.05) is 19.3 Å². The van der Waals surface area contributed by atoms with E-state index in [0.717, 1.165) is 0 Å². The molecule has 0 aliphatic rings. The topological polar surface area (TPSA) is 223 Å². The van der Waals surface area contributed by atoms with E-state index >= 15 is 0 Å². The lowest BCUT2D eigenvalue weighted by molar-refractivity contribution is -0.142. The molecule has 0 bridgehead atoms. The van der Waals surface area contributed by atoms with Gasteiger partial charge >= 0.3 is 5.97 Å². The van der Waals surface area contributed by atoms with Crippen LogP contribution in [0.3, 0.4) is 0 Å². The predicted octanol–water partition coefficient (Wildman–Crippen LogP) is -0.624. The Morgan fingerprint density at radius 2 is 1.16 bits per heavy atom. The number of benzene rings is 2. The summed E-state index contributed by atoms with van der Waals surface area (Å²) in [5.74, 6) is -5.14. The first-order chi connectivity index (χ1) is 20.4. The van der Waals surface area contributed by atoms with Gasteiger partial charge in [0.25, 0.3) is 0 Å². The zero-order chi connectivity index (χ0) is 31.9. The highest BCUT2D eigenvalue weighted by atomic mass is 16.4. The van der Waals surface area contributed by atoms with E-state index in [1.807, 2.05) is 0 Å². The normalized spacial score (nSPS) is 13.6. The molecule has 0 unspecified atom stereocenters. The summed E-state index contributed by atoms with van der Waals surface area (Å²) in [4.78, 5) is 75.5. The number of carboxylic acid groups (broad SMARTS) is 1. The number of hydrogen-bond donors (Lipinski definition) is 7. The number of carbonyl (C=O) groups is 6. The van der Waals surface area contributed by atoms with Crippen molar-refractivity contribution >= 4 is 35.5 Å². The third kappa shape index (κ3) is 11.9. The number of amides is 5. The maximum absolute atomic E-state index is 13.6. The summed E-state index contributed by atoms with van der Waals surface area (Å²) < 4.78 is 0. The molecule has 2 rings (SSSR count). The summed E-state index contributed by atoms with van der Waals surface area (Å²) in [5.41, 5.74) is 12.0. The van der Waals surface area contributed by atoms with Crippen LogP contribution in [0.2, 0.25) is 0 Å². The first kappa shape index (κ1) is 34.4. The van der Waals surface area contributed by atoms with Crippen molar-refractivity contribution in [1.29, 1.82) is 0 Å². The number of carboxylic acids is 1. The van der Waals surface area contributed by atoms with E-state index in [2.05, 4.69) is 21.3 Å². The van der Waals surface area contributed by atoms with Crippen LogP contribution in [0.4, 0.5) is 0 Å². The van der Waals surface area contributed by atoms with Gasteiger partial charge in [-0.1, -0.05) is 74.5 Å². The lowest BCUT2D eigenvalue weighted by Crippen LogP contribution is -2.59. The Bertz CT molecular complexity index is 1260. The van der Waals surface area contributed by atoms with E-state index in [9.17, 15) is 33.9 Å². The Hall–Kier alpha value is -4.78. The first-order valence-corrected chi connectivity index (χ1v) is 13.9. The van der Waals surface area contributed by atoms with E-state index < -0.39 is 59.7 Å². The second kappa shape index (κ2) is 17.2. The average Bonchev–Trinajstić information content (AvgIpc) is 2.97. The smallest absolute Gasteiger partial charge is 0.326 e. The Labute approximate surface area is 250 Å². The Kier molecular flexibility index (Phi) is 13.8. The van der Waals surface area contributed by atoms with Gasteiger partial charge in [0.15, 0.2) is 0 Å². The van der Waals surface area contributed by atoms with Crippen LogP contribution in [0.15, 0.2) is 60.7 Å². The van der Waals surface area contributed by atoms with Crippen molar-refractivity contribution in [2.75, 3.05) is 6.54 Å². The van der Waals surface area contributed by atoms with Crippen LogP contribution in [-0.2, 0) is 41.6 Å².